The van der Waals surface area contributed by atoms with Crippen molar-refractivity contribution in [3.8, 4) is 0 Å². The zero-order valence-corrected chi connectivity index (χ0v) is 16.1. The summed E-state index contributed by atoms with van der Waals surface area (Å²) in [6.45, 7) is 3.54. The van der Waals surface area contributed by atoms with Crippen molar-refractivity contribution >= 4 is 34.4 Å². The Morgan fingerprint density at radius 2 is 2.29 bits per heavy atom. The number of hydrogen-bond donors (Lipinski definition) is 3. The van der Waals surface area contributed by atoms with Crippen LogP contribution < -0.4 is 16.0 Å². The topological polar surface area (TPSA) is 99.9 Å². The standard InChI is InChI=1S/C19H20ClFN6O/c1-11-7-23-16-15(11)17(26-10-25-16)27-5-4-19(22,9-27)8-24-18(28)13-3-2-12(21)6-14(13)20/h2-3,6-7,10H,4-5,8-9,22H2,1H3,(H,24,28)(H,23,25,26)/t19-/m0/s1. The van der Waals surface area contributed by atoms with E-state index < -0.39 is 11.4 Å². The highest BCUT2D eigenvalue weighted by Crippen LogP contribution is 2.30. The maximum Gasteiger partial charge on any atom is 0.252 e. The molecular weight excluding hydrogens is 383 g/mol. The molecule has 2 aromatic heterocycles. The Balaban J connectivity index is 1.46. The van der Waals surface area contributed by atoms with Crippen molar-refractivity contribution in [2.24, 2.45) is 5.73 Å². The molecule has 1 aliphatic rings. The normalized spacial score (nSPS) is 19.4. The number of hydrogen-bond acceptors (Lipinski definition) is 5. The number of aryl methyl sites for hydroxylation is 1. The monoisotopic (exact) mass is 402 g/mol. The quantitative estimate of drug-likeness (QED) is 0.622. The molecule has 1 saturated heterocycles. The number of nitrogens with zero attached hydrogens (tertiary/aromatic N) is 3. The van der Waals surface area contributed by atoms with E-state index in [0.717, 1.165) is 35.0 Å². The molecule has 0 unspecified atom stereocenters. The number of benzene rings is 1. The Bertz CT molecular complexity index is 1050. The Kier molecular flexibility index (Phi) is 4.68. The van der Waals surface area contributed by atoms with E-state index in [4.69, 9.17) is 17.3 Å². The molecule has 1 aromatic carbocycles. The predicted octanol–water partition coefficient (Wildman–Crippen LogP) is 2.40. The Hall–Kier alpha value is -2.71. The van der Waals surface area contributed by atoms with Crippen LogP contribution in [0.15, 0.2) is 30.7 Å². The largest absolute Gasteiger partial charge is 0.354 e. The molecule has 1 aliphatic heterocycles. The summed E-state index contributed by atoms with van der Waals surface area (Å²) in [5.74, 6) is -0.0253. The second kappa shape index (κ2) is 7.03. The highest BCUT2D eigenvalue weighted by molar-refractivity contribution is 6.33. The van der Waals surface area contributed by atoms with Crippen LogP contribution in [0.25, 0.3) is 11.0 Å². The summed E-state index contributed by atoms with van der Waals surface area (Å²) in [6.07, 6.45) is 4.13. The smallest absolute Gasteiger partial charge is 0.252 e. The van der Waals surface area contributed by atoms with Crippen LogP contribution in [0.5, 0.6) is 0 Å². The molecule has 4 rings (SSSR count). The van der Waals surface area contributed by atoms with Crippen molar-refractivity contribution in [2.75, 3.05) is 24.5 Å². The molecule has 28 heavy (non-hydrogen) atoms. The highest BCUT2D eigenvalue weighted by atomic mass is 35.5. The number of amides is 1. The summed E-state index contributed by atoms with van der Waals surface area (Å²) in [5, 5.41) is 3.87. The molecule has 1 fully saturated rings. The molecule has 146 valence electrons. The average Bonchev–Trinajstić information content (AvgIpc) is 3.24. The maximum atomic E-state index is 13.2. The lowest BCUT2D eigenvalue weighted by atomic mass is 10.00. The van der Waals surface area contributed by atoms with Gasteiger partial charge < -0.3 is 20.9 Å². The van der Waals surface area contributed by atoms with E-state index in [-0.39, 0.29) is 23.0 Å². The zero-order valence-electron chi connectivity index (χ0n) is 15.3. The minimum atomic E-state index is -0.607. The number of nitrogens with one attached hydrogen (secondary N) is 2. The van der Waals surface area contributed by atoms with E-state index in [0.29, 0.717) is 13.0 Å². The van der Waals surface area contributed by atoms with Gasteiger partial charge in [-0.3, -0.25) is 4.79 Å². The Morgan fingerprint density at radius 1 is 1.46 bits per heavy atom. The molecule has 7 nitrogen and oxygen atoms in total. The number of aromatic amines is 1. The van der Waals surface area contributed by atoms with Crippen molar-refractivity contribution in [2.45, 2.75) is 18.9 Å². The van der Waals surface area contributed by atoms with Gasteiger partial charge in [0.05, 0.1) is 21.5 Å². The summed E-state index contributed by atoms with van der Waals surface area (Å²) in [7, 11) is 0. The number of nitrogens with two attached hydrogens (primary N) is 1. The van der Waals surface area contributed by atoms with E-state index in [1.807, 2.05) is 13.1 Å². The van der Waals surface area contributed by atoms with Gasteiger partial charge in [-0.2, -0.15) is 0 Å². The second-order valence-corrected chi connectivity index (χ2v) is 7.64. The van der Waals surface area contributed by atoms with Crippen LogP contribution in [0, 0.1) is 12.7 Å². The van der Waals surface area contributed by atoms with Crippen LogP contribution in [0.4, 0.5) is 10.2 Å². The number of carbonyl (C=O) groups is 1. The predicted molar refractivity (Wildman–Crippen MR) is 106 cm³/mol. The van der Waals surface area contributed by atoms with Crippen LogP contribution in [0.2, 0.25) is 5.02 Å². The summed E-state index contributed by atoms with van der Waals surface area (Å²) in [4.78, 5) is 26.4. The molecule has 3 heterocycles. The molecule has 1 atom stereocenters. The van der Waals surface area contributed by atoms with Crippen molar-refractivity contribution in [3.63, 3.8) is 0 Å². The SMILES string of the molecule is Cc1c[nH]c2ncnc(N3CC[C@](N)(CNC(=O)c4ccc(F)cc4Cl)C3)c12. The lowest BCUT2D eigenvalue weighted by Crippen LogP contribution is -2.52. The molecular formula is C19H20ClFN6O. The number of H-pyrrole nitrogens is 1. The van der Waals surface area contributed by atoms with E-state index in [9.17, 15) is 9.18 Å². The van der Waals surface area contributed by atoms with Gasteiger partial charge in [-0.15, -0.1) is 0 Å². The number of fused-ring (bicyclic) bond motifs is 1. The van der Waals surface area contributed by atoms with Crippen molar-refractivity contribution in [3.05, 3.63) is 52.7 Å². The molecule has 4 N–H and O–H groups in total. The van der Waals surface area contributed by atoms with Crippen molar-refractivity contribution in [1.29, 1.82) is 0 Å². The Labute approximate surface area is 166 Å². The van der Waals surface area contributed by atoms with E-state index in [2.05, 4.69) is 25.2 Å². The zero-order chi connectivity index (χ0) is 19.9. The molecule has 0 aliphatic carbocycles. The third-order valence-corrected chi connectivity index (χ3v) is 5.42. The molecule has 0 radical (unpaired) electrons. The fourth-order valence-corrected chi connectivity index (χ4v) is 3.84. The van der Waals surface area contributed by atoms with Gasteiger partial charge >= 0.3 is 0 Å². The number of halogens is 2. The second-order valence-electron chi connectivity index (χ2n) is 7.23. The van der Waals surface area contributed by atoms with Gasteiger partial charge in [0.2, 0.25) is 0 Å². The third-order valence-electron chi connectivity index (χ3n) is 5.11. The fourth-order valence-electron chi connectivity index (χ4n) is 3.58. The number of rotatable bonds is 4. The third kappa shape index (κ3) is 3.41. The lowest BCUT2D eigenvalue weighted by molar-refractivity contribution is 0.0945. The summed E-state index contributed by atoms with van der Waals surface area (Å²) in [6, 6.07) is 3.69. The van der Waals surface area contributed by atoms with Gasteiger partial charge in [0.1, 0.15) is 23.6 Å². The molecule has 0 spiro atoms. The lowest BCUT2D eigenvalue weighted by Gasteiger charge is -2.25. The van der Waals surface area contributed by atoms with Gasteiger partial charge in [0.25, 0.3) is 5.91 Å². The van der Waals surface area contributed by atoms with E-state index in [1.54, 1.807) is 0 Å². The fraction of sp³-hybridized carbons (Fsp3) is 0.316. The molecule has 1 amide bonds. The number of aromatic nitrogens is 3. The van der Waals surface area contributed by atoms with Crippen LogP contribution >= 0.6 is 11.6 Å². The first kappa shape index (κ1) is 18.6. The maximum absolute atomic E-state index is 13.2. The van der Waals surface area contributed by atoms with Gasteiger partial charge in [0.15, 0.2) is 0 Å². The molecule has 0 bridgehead atoms. The van der Waals surface area contributed by atoms with Crippen LogP contribution in [0.3, 0.4) is 0 Å². The Morgan fingerprint density at radius 3 is 3.07 bits per heavy atom. The molecule has 3 aromatic rings. The van der Waals surface area contributed by atoms with Crippen molar-refractivity contribution < 1.29 is 9.18 Å². The van der Waals surface area contributed by atoms with Crippen LogP contribution in [-0.4, -0.2) is 46.0 Å². The van der Waals surface area contributed by atoms with E-state index >= 15 is 0 Å². The molecule has 0 saturated carbocycles. The first-order chi connectivity index (χ1) is 13.4. The summed E-state index contributed by atoms with van der Waals surface area (Å²) in [5.41, 5.74) is 8.01. The van der Waals surface area contributed by atoms with Crippen LogP contribution in [0.1, 0.15) is 22.3 Å². The summed E-state index contributed by atoms with van der Waals surface area (Å²) < 4.78 is 13.2. The van der Waals surface area contributed by atoms with Gasteiger partial charge in [-0.05, 0) is 37.1 Å². The highest BCUT2D eigenvalue weighted by Gasteiger charge is 2.36. The van der Waals surface area contributed by atoms with Crippen LogP contribution in [-0.2, 0) is 0 Å². The summed E-state index contributed by atoms with van der Waals surface area (Å²) >= 11 is 5.96. The number of anilines is 1. The minimum Gasteiger partial charge on any atom is -0.354 e. The van der Waals surface area contributed by atoms with E-state index in [1.165, 1.54) is 18.5 Å². The van der Waals surface area contributed by atoms with Gasteiger partial charge in [-0.25, -0.2) is 14.4 Å². The number of carbonyl (C=O) groups excluding carboxylic acids is 1. The van der Waals surface area contributed by atoms with Crippen molar-refractivity contribution in [1.82, 2.24) is 20.3 Å². The molecule has 9 heteroatoms. The first-order valence-corrected chi connectivity index (χ1v) is 9.30. The van der Waals surface area contributed by atoms with Gasteiger partial charge in [-0.1, -0.05) is 11.6 Å². The average molecular weight is 403 g/mol. The first-order valence-electron chi connectivity index (χ1n) is 8.92. The minimum absolute atomic E-state index is 0.0722. The van der Waals surface area contributed by atoms with Gasteiger partial charge in [0, 0.05) is 25.8 Å².